The van der Waals surface area contributed by atoms with Crippen molar-refractivity contribution in [3.05, 3.63) is 65.1 Å². The minimum absolute atomic E-state index is 0.000579. The molecule has 4 heterocycles. The first-order chi connectivity index (χ1) is 43.0. The second-order valence-electron chi connectivity index (χ2n) is 21.7. The molecule has 2 bridgehead atoms. The molecule has 4 fully saturated rings. The second kappa shape index (κ2) is 34.0. The molecular weight excluding hydrogens is 1260 g/mol. The van der Waals surface area contributed by atoms with Gasteiger partial charge in [-0.1, -0.05) is 77.8 Å². The topological polar surface area (TPSA) is 327 Å². The van der Waals surface area contributed by atoms with E-state index in [0.29, 0.717) is 0 Å². The van der Waals surface area contributed by atoms with E-state index in [-0.39, 0.29) is 94.7 Å². The van der Waals surface area contributed by atoms with Crippen LogP contribution >= 0.6 is 43.2 Å². The van der Waals surface area contributed by atoms with E-state index in [9.17, 15) is 34.8 Å². The normalized spacial score (nSPS) is 34.0. The summed E-state index contributed by atoms with van der Waals surface area (Å²) < 4.78 is 78.2. The second-order valence-corrected chi connectivity index (χ2v) is 27.1. The minimum atomic E-state index is -2.65. The molecule has 30 heteroatoms. The number of aliphatic hydroxyl groups excluding tert-OH is 3. The minimum Gasteiger partial charge on any atom is -0.493 e. The molecule has 4 aliphatic heterocycles. The molecule has 0 radical (unpaired) electrons. The highest BCUT2D eigenvalue weighted by Crippen LogP contribution is 2.44. The number of thioether (sulfide) groups is 1. The van der Waals surface area contributed by atoms with E-state index in [0.717, 1.165) is 7.11 Å². The van der Waals surface area contributed by atoms with Crippen molar-refractivity contribution in [2.45, 2.75) is 182 Å². The number of ketones is 1. The number of aliphatic hydroxyl groups is 4. The lowest BCUT2D eigenvalue weighted by molar-refractivity contribution is -0.336. The molecular formula is C60H82N4O22S4. The first kappa shape index (κ1) is 72.8. The molecule has 1 unspecified atom stereocenters. The fraction of sp³-hybridized carbons (Fsp3) is 0.633. The lowest BCUT2D eigenvalue weighted by Gasteiger charge is -2.47. The van der Waals surface area contributed by atoms with Crippen molar-refractivity contribution in [1.82, 2.24) is 16.1 Å². The maximum Gasteiger partial charge on any atom is 0.411 e. The third-order valence-corrected chi connectivity index (χ3v) is 20.4. The van der Waals surface area contributed by atoms with Gasteiger partial charge in [0.05, 0.1) is 99.8 Å². The quantitative estimate of drug-likeness (QED) is 0.0131. The summed E-state index contributed by atoms with van der Waals surface area (Å²) in [5.74, 6) is 8.95. The third kappa shape index (κ3) is 17.8. The number of Topliss-reactive ketones (excluding diaryl/α,β-unsaturated/α-hetero) is 1. The number of amides is 2. The zero-order valence-corrected chi connectivity index (χ0v) is 55.3. The number of benzene rings is 1. The van der Waals surface area contributed by atoms with Crippen molar-refractivity contribution in [2.75, 3.05) is 65.7 Å². The van der Waals surface area contributed by atoms with Crippen molar-refractivity contribution in [1.29, 1.82) is 0 Å². The predicted molar refractivity (Wildman–Crippen MR) is 334 cm³/mol. The summed E-state index contributed by atoms with van der Waals surface area (Å²) in [6.07, 6.45) is -11.3. The number of rotatable bonds is 25. The molecule has 26 nitrogen and oxygen atoms in total. The number of hydrogen-bond acceptors (Lipinski definition) is 28. The van der Waals surface area contributed by atoms with Crippen molar-refractivity contribution in [3.63, 3.8) is 0 Å². The zero-order valence-electron chi connectivity index (χ0n) is 52.1. The van der Waals surface area contributed by atoms with Crippen LogP contribution in [0.25, 0.3) is 0 Å². The van der Waals surface area contributed by atoms with Gasteiger partial charge in [-0.15, -0.1) is 0 Å². The van der Waals surface area contributed by atoms with Crippen LogP contribution in [-0.4, -0.2) is 226 Å². The fourth-order valence-electron chi connectivity index (χ4n) is 10.9. The molecule has 6 aliphatic rings. The van der Waals surface area contributed by atoms with Gasteiger partial charge >= 0.3 is 12.1 Å². The molecule has 8 N–H and O–H groups in total. The Labute approximate surface area is 539 Å². The van der Waals surface area contributed by atoms with Gasteiger partial charge in [-0.3, -0.25) is 19.7 Å². The van der Waals surface area contributed by atoms with E-state index >= 15 is 4.79 Å². The van der Waals surface area contributed by atoms with Crippen LogP contribution in [-0.2, 0) is 66.5 Å². The summed E-state index contributed by atoms with van der Waals surface area (Å²) >= 11 is 1.47. The van der Waals surface area contributed by atoms with Crippen LogP contribution in [0.2, 0.25) is 0 Å². The van der Waals surface area contributed by atoms with Crippen LogP contribution in [0.3, 0.4) is 0 Å². The summed E-state index contributed by atoms with van der Waals surface area (Å²) in [5, 5.41) is 57.0. The number of anilines is 1. The first-order valence-electron chi connectivity index (χ1n) is 28.9. The summed E-state index contributed by atoms with van der Waals surface area (Å²) in [7, 11) is 10.8. The van der Waals surface area contributed by atoms with Crippen molar-refractivity contribution >= 4 is 72.6 Å². The van der Waals surface area contributed by atoms with E-state index in [2.05, 4.69) is 51.7 Å². The molecule has 498 valence electrons. The third-order valence-electron chi connectivity index (χ3n) is 15.4. The molecule has 1 aromatic rings. The summed E-state index contributed by atoms with van der Waals surface area (Å²) in [5.41, 5.74) is -0.910. The van der Waals surface area contributed by atoms with Gasteiger partial charge in [0.1, 0.15) is 30.5 Å². The number of esters is 1. The van der Waals surface area contributed by atoms with E-state index in [1.165, 1.54) is 89.6 Å². The van der Waals surface area contributed by atoms with Gasteiger partial charge < -0.3 is 92.6 Å². The number of ether oxygens (including phenoxy) is 13. The van der Waals surface area contributed by atoms with E-state index in [4.69, 9.17) is 66.4 Å². The summed E-state index contributed by atoms with van der Waals surface area (Å²) in [6.45, 7) is 12.7. The number of alkyl carbamates (subject to hydrolysis) is 1. The lowest BCUT2D eigenvalue weighted by atomic mass is 9.73. The number of methoxy groups -OCH3 is 5. The number of hydrogen-bond donors (Lipinski definition) is 8. The van der Waals surface area contributed by atoms with E-state index < -0.39 is 134 Å². The summed E-state index contributed by atoms with van der Waals surface area (Å²) in [4.78, 5) is 62.7. The smallest absolute Gasteiger partial charge is 0.411 e. The Bertz CT molecular complexity index is 2910. The molecule has 0 spiro atoms. The Morgan fingerprint density at radius 1 is 0.878 bits per heavy atom. The number of fused-ring (bicyclic) bond motifs is 2. The van der Waals surface area contributed by atoms with Crippen LogP contribution in [0.4, 0.5) is 10.5 Å². The Kier molecular flexibility index (Phi) is 27.5. The maximum atomic E-state index is 15.7. The number of nitrogens with one attached hydrogen (secondary N) is 4. The van der Waals surface area contributed by atoms with Crippen molar-refractivity contribution in [3.8, 4) is 35.2 Å². The number of carbonyl (C=O) groups excluding carboxylic acids is 4. The average Bonchev–Trinajstić information content (AvgIpc) is 0.918. The Morgan fingerprint density at radius 2 is 1.60 bits per heavy atom. The summed E-state index contributed by atoms with van der Waals surface area (Å²) in [6, 6.07) is 1.39. The lowest BCUT2D eigenvalue weighted by Crippen LogP contribution is -2.65. The molecule has 4 saturated heterocycles. The van der Waals surface area contributed by atoms with Crippen molar-refractivity contribution in [2.24, 2.45) is 0 Å². The Morgan fingerprint density at radius 3 is 2.27 bits per heavy atom. The first-order valence-corrected chi connectivity index (χ1v) is 34.3. The predicted octanol–water partition coefficient (Wildman–Crippen LogP) is 3.81. The fourth-order valence-corrected chi connectivity index (χ4v) is 14.2. The number of carbonyl (C=O) groups is 4. The largest absolute Gasteiger partial charge is 0.493 e. The van der Waals surface area contributed by atoms with Gasteiger partial charge in [-0.25, -0.2) is 9.59 Å². The van der Waals surface area contributed by atoms with Gasteiger partial charge in [0, 0.05) is 67.9 Å². The highest BCUT2D eigenvalue weighted by atomic mass is 33.5. The standard InChI is InChI=1S/C60H82N4O22S4/c1-29(2)61-37-28-78-44(26-40(37)74-8)84-53-51(67)48(64-86-46-25-38(65)54(87-12)32(5)80-46)30(3)81-58(53)83-39-19-17-15-14-16-18-21-60(72)35(20-22-89-90-88-13)47(39)49(63-59(71)77-11)52(68)55(60)85-45-27-43(50(66)31(4)79-45)82-57(70)34-23-41(75-9)42(76-10)24-36(34)62-56(69)33(6)73-7/h14-15,20,23-24,29-32,37-40,43-46,48,50-51,53-55,58,61,64-67,72H,6,16,22,25-28H2,1-5,7-13H3,(H,62,69)(H,63,71)/t30-,31+,32-,37+,38+,39+,40+,43+,44+,45?,46+,48-,50+,51+,53-,54-,55-,58+,60-/m1/s1. The van der Waals surface area contributed by atoms with Crippen LogP contribution in [0.15, 0.2) is 59.5 Å². The highest BCUT2D eigenvalue weighted by molar-refractivity contribution is 9.09. The SMILES string of the molecule is C=C(OC)C(=O)Nc1cc(OC)c(OC)cc1C(=O)O[C@H]1CC(O[C@@H]2C(=O)C(NC(=O)OC)=C3C(=CCSSSC)[C@]2(O)C#CCC=CC#C[C@@H]3O[C@@H]2O[C@H](C)[C@@H](NO[C@H]3C[C@H](O)[C@H](SC)[C@@H](C)O3)[C@H](O)[C@H]2O[C@H]2C[C@H](OC)[C@@H](NC(C)C)CO2)O[C@@H](C)[C@@H]1O. The Hall–Kier alpha value is -4.62. The van der Waals surface area contributed by atoms with Crippen LogP contribution in [0.1, 0.15) is 70.7 Å². The molecule has 1 aromatic carbocycles. The zero-order chi connectivity index (χ0) is 65.6. The van der Waals surface area contributed by atoms with Gasteiger partial charge in [0.2, 0.25) is 5.78 Å². The monoisotopic (exact) mass is 1340 g/mol. The number of allylic oxidation sites excluding steroid dienone is 2. The molecule has 19 atom stereocenters. The Balaban J connectivity index is 1.28. The maximum absolute atomic E-state index is 15.7. The molecule has 2 amide bonds. The van der Waals surface area contributed by atoms with Gasteiger partial charge in [-0.2, -0.15) is 17.2 Å². The van der Waals surface area contributed by atoms with Crippen LogP contribution < -0.4 is 30.9 Å². The molecule has 0 saturated carbocycles. The van der Waals surface area contributed by atoms with Crippen LogP contribution in [0, 0.1) is 23.7 Å². The van der Waals surface area contributed by atoms with E-state index in [1.54, 1.807) is 26.2 Å². The molecule has 0 aromatic heterocycles. The van der Waals surface area contributed by atoms with Crippen molar-refractivity contribution < 1.29 is 106 Å². The van der Waals surface area contributed by atoms with Gasteiger partial charge in [-0.05, 0) is 49.2 Å². The average molecular weight is 1340 g/mol. The van der Waals surface area contributed by atoms with Crippen LogP contribution in [0.5, 0.6) is 11.5 Å². The molecule has 90 heavy (non-hydrogen) atoms. The van der Waals surface area contributed by atoms with Gasteiger partial charge in [0.15, 0.2) is 54.1 Å². The van der Waals surface area contributed by atoms with Gasteiger partial charge in [0.25, 0.3) is 5.91 Å². The molecule has 2 aliphatic carbocycles. The van der Waals surface area contributed by atoms with E-state index in [1.807, 2.05) is 33.3 Å². The molecule has 7 rings (SSSR count). The number of hydroxylamine groups is 1. The highest BCUT2D eigenvalue weighted by Gasteiger charge is 2.57.